The molecule has 2 aromatic carbocycles. The van der Waals surface area contributed by atoms with Crippen LogP contribution in [0.3, 0.4) is 0 Å². The summed E-state index contributed by atoms with van der Waals surface area (Å²) in [5.74, 6) is -0.391. The lowest BCUT2D eigenvalue weighted by Gasteiger charge is -2.64. The number of ether oxygens (including phenoxy) is 2. The second-order valence-electron chi connectivity index (χ2n) is 18.4. The number of nitrogens with zero attached hydrogens (tertiary/aromatic N) is 2. The lowest BCUT2D eigenvalue weighted by Crippen LogP contribution is -2.65. The van der Waals surface area contributed by atoms with Gasteiger partial charge in [-0.15, -0.1) is 0 Å². The third-order valence-electron chi connectivity index (χ3n) is 12.7. The number of hydrogen-bond donors (Lipinski definition) is 1. The van der Waals surface area contributed by atoms with Crippen molar-refractivity contribution in [1.29, 1.82) is 0 Å². The highest BCUT2D eigenvalue weighted by Crippen LogP contribution is 2.66. The molecule has 7 rings (SSSR count). The van der Waals surface area contributed by atoms with Crippen molar-refractivity contribution >= 4 is 30.8 Å². The van der Waals surface area contributed by atoms with Crippen molar-refractivity contribution in [1.82, 2.24) is 4.90 Å². The first kappa shape index (κ1) is 38.2. The van der Waals surface area contributed by atoms with Crippen LogP contribution in [0.5, 0.6) is 5.75 Å². The molecule has 2 saturated heterocycles. The van der Waals surface area contributed by atoms with Crippen molar-refractivity contribution in [3.8, 4) is 5.75 Å². The zero-order valence-corrected chi connectivity index (χ0v) is 32.8. The predicted molar refractivity (Wildman–Crippen MR) is 201 cm³/mol. The molecular weight excluding hydrogens is 659 g/mol. The number of hydrogen-bond acceptors (Lipinski definition) is 7. The van der Waals surface area contributed by atoms with Crippen LogP contribution in [0.4, 0.5) is 10.5 Å². The van der Waals surface area contributed by atoms with Crippen LogP contribution in [-0.2, 0) is 24.3 Å². The Balaban J connectivity index is 1.51. The van der Waals surface area contributed by atoms with E-state index in [4.69, 9.17) is 18.8 Å². The molecule has 3 saturated carbocycles. The summed E-state index contributed by atoms with van der Waals surface area (Å²) in [6.45, 7) is 20.4. The van der Waals surface area contributed by atoms with Crippen molar-refractivity contribution in [2.24, 2.45) is 22.7 Å². The molecule has 2 heterocycles. The van der Waals surface area contributed by atoms with E-state index in [-0.39, 0.29) is 48.1 Å². The summed E-state index contributed by atoms with van der Waals surface area (Å²) < 4.78 is 25.6. The van der Waals surface area contributed by atoms with Gasteiger partial charge in [-0.1, -0.05) is 71.0 Å². The Morgan fingerprint density at radius 1 is 1.00 bits per heavy atom. The van der Waals surface area contributed by atoms with Crippen LogP contribution >= 0.6 is 0 Å². The molecule has 1 N–H and O–H groups in total. The van der Waals surface area contributed by atoms with E-state index in [9.17, 15) is 14.7 Å². The minimum absolute atomic E-state index is 0.115. The quantitative estimate of drug-likeness (QED) is 0.229. The van der Waals surface area contributed by atoms with Crippen LogP contribution in [-0.4, -0.2) is 78.0 Å². The summed E-state index contributed by atoms with van der Waals surface area (Å²) in [5, 5.41) is 10.3. The average molecular weight is 717 g/mol. The summed E-state index contributed by atoms with van der Waals surface area (Å²) in [4.78, 5) is 45.4. The fourth-order valence-corrected chi connectivity index (χ4v) is 9.74. The first-order chi connectivity index (χ1) is 24.2. The molecule has 5 aliphatic rings. The number of carbonyl (C=O) groups excluding carboxylic acids is 2. The number of piperidine rings is 1. The molecule has 52 heavy (non-hydrogen) atoms. The molecule has 3 aliphatic carbocycles. The summed E-state index contributed by atoms with van der Waals surface area (Å²) in [7, 11) is 0.718. The first-order valence-corrected chi connectivity index (χ1v) is 18.8. The number of amides is 2. The van der Waals surface area contributed by atoms with E-state index < -0.39 is 53.2 Å². The number of anilines is 1. The number of carbonyl (C=O) groups is 3. The third-order valence-corrected chi connectivity index (χ3v) is 12.7. The van der Waals surface area contributed by atoms with E-state index in [1.54, 1.807) is 43.9 Å². The van der Waals surface area contributed by atoms with Crippen LogP contribution in [0.25, 0.3) is 0 Å². The average Bonchev–Trinajstić information content (AvgIpc) is 3.44. The van der Waals surface area contributed by atoms with Crippen LogP contribution in [0, 0.1) is 22.7 Å². The normalized spacial score (nSPS) is 30.1. The standard InChI is InChI=1S/C41H57BN2O8/c1-25(42-51-32-23-27-22-30(39(27,8)9)40(32,10)52-42)44(29-19-15-18-28(33(29)49-11)34(45)50-38(5,6)7)35(46)41(26-16-13-12-14-17-26)20-21-43(36(47)48)31(24-41)37(2,3)4/h12-19,25,27,30-32H,20-24H2,1-11H3,(H,47,48). The van der Waals surface area contributed by atoms with Crippen molar-refractivity contribution in [2.45, 2.75) is 130 Å². The Hall–Kier alpha value is -3.57. The minimum atomic E-state index is -1.13. The van der Waals surface area contributed by atoms with Gasteiger partial charge in [0.15, 0.2) is 5.75 Å². The van der Waals surface area contributed by atoms with E-state index in [0.29, 0.717) is 17.5 Å². The molecule has 2 bridgehead atoms. The summed E-state index contributed by atoms with van der Waals surface area (Å²) in [6.07, 6.45) is 1.38. The van der Waals surface area contributed by atoms with Crippen molar-refractivity contribution in [2.75, 3.05) is 18.6 Å². The fraction of sp³-hybridized carbons (Fsp3) is 0.634. The molecule has 10 nitrogen and oxygen atoms in total. The monoisotopic (exact) mass is 716 g/mol. The zero-order valence-electron chi connectivity index (χ0n) is 32.8. The van der Waals surface area contributed by atoms with Gasteiger partial charge in [-0.25, -0.2) is 9.59 Å². The van der Waals surface area contributed by atoms with Gasteiger partial charge in [0, 0.05) is 12.6 Å². The van der Waals surface area contributed by atoms with E-state index >= 15 is 4.79 Å². The Bertz CT molecular complexity index is 1700. The van der Waals surface area contributed by atoms with Crippen LogP contribution < -0.4 is 9.64 Å². The molecule has 0 spiro atoms. The number of methoxy groups -OCH3 is 1. The molecule has 7 unspecified atom stereocenters. The maximum absolute atomic E-state index is 16.0. The van der Waals surface area contributed by atoms with E-state index in [0.717, 1.165) is 18.4 Å². The van der Waals surface area contributed by atoms with Gasteiger partial charge in [0.25, 0.3) is 0 Å². The van der Waals surface area contributed by atoms with Crippen molar-refractivity contribution < 1.29 is 38.3 Å². The number of likely N-dealkylation sites (tertiary alicyclic amines) is 1. The highest BCUT2D eigenvalue weighted by atomic mass is 16.7. The van der Waals surface area contributed by atoms with Crippen molar-refractivity contribution in [3.05, 3.63) is 59.7 Å². The third kappa shape index (κ3) is 6.29. The Labute approximate surface area is 309 Å². The number of rotatable bonds is 7. The van der Waals surface area contributed by atoms with Gasteiger partial charge in [0.1, 0.15) is 11.2 Å². The molecule has 0 radical (unpaired) electrons. The second-order valence-corrected chi connectivity index (χ2v) is 18.4. The summed E-state index contributed by atoms with van der Waals surface area (Å²) in [5.41, 5.74) is -1.37. The fourth-order valence-electron chi connectivity index (χ4n) is 9.74. The lowest BCUT2D eigenvalue weighted by molar-refractivity contribution is -0.199. The topological polar surface area (TPSA) is 115 Å². The number of benzene rings is 2. The van der Waals surface area contributed by atoms with Gasteiger partial charge >= 0.3 is 19.2 Å². The van der Waals surface area contributed by atoms with Crippen LogP contribution in [0.2, 0.25) is 0 Å². The molecule has 11 heteroatoms. The molecule has 2 aromatic rings. The van der Waals surface area contributed by atoms with Gasteiger partial charge in [-0.3, -0.25) is 4.79 Å². The SMILES string of the molecule is COc1c(C(=O)OC(C)(C)C)cccc1N(C(=O)C1(c2ccccc2)CCN(C(=O)O)C(C(C)(C)C)C1)C(C)B1OC2CC3CC(C3(C)C)C2(C)O1. The highest BCUT2D eigenvalue weighted by molar-refractivity contribution is 6.49. The van der Waals surface area contributed by atoms with Gasteiger partial charge < -0.3 is 33.7 Å². The largest absolute Gasteiger partial charge is 0.494 e. The molecular formula is C41H57BN2O8. The molecule has 2 aliphatic heterocycles. The Morgan fingerprint density at radius 3 is 2.25 bits per heavy atom. The minimum Gasteiger partial charge on any atom is -0.494 e. The van der Waals surface area contributed by atoms with Crippen LogP contribution in [0.1, 0.15) is 111 Å². The van der Waals surface area contributed by atoms with Gasteiger partial charge in [-0.05, 0) is 101 Å². The van der Waals surface area contributed by atoms with Crippen LogP contribution in [0.15, 0.2) is 48.5 Å². The molecule has 7 atom stereocenters. The maximum atomic E-state index is 16.0. The molecule has 282 valence electrons. The maximum Gasteiger partial charge on any atom is 0.482 e. The first-order valence-electron chi connectivity index (χ1n) is 18.8. The predicted octanol–water partition coefficient (Wildman–Crippen LogP) is 7.77. The van der Waals surface area contributed by atoms with E-state index in [2.05, 4.69) is 20.8 Å². The van der Waals surface area contributed by atoms with E-state index in [1.165, 1.54) is 12.0 Å². The Kier molecular flexibility index (Phi) is 9.60. The van der Waals surface area contributed by atoms with Gasteiger partial charge in [0.05, 0.1) is 35.9 Å². The zero-order chi connectivity index (χ0) is 38.2. The second kappa shape index (κ2) is 13.1. The molecule has 0 aromatic heterocycles. The van der Waals surface area contributed by atoms with Gasteiger partial charge in [0.2, 0.25) is 5.91 Å². The molecule has 5 fully saturated rings. The number of carboxylic acid groups (broad SMARTS) is 1. The number of esters is 1. The number of para-hydroxylation sites is 1. The molecule has 2 amide bonds. The summed E-state index contributed by atoms with van der Waals surface area (Å²) in [6, 6.07) is 14.4. The Morgan fingerprint density at radius 2 is 1.67 bits per heavy atom. The van der Waals surface area contributed by atoms with Gasteiger partial charge in [-0.2, -0.15) is 0 Å². The smallest absolute Gasteiger partial charge is 0.482 e. The summed E-state index contributed by atoms with van der Waals surface area (Å²) >= 11 is 0. The van der Waals surface area contributed by atoms with E-state index in [1.807, 2.05) is 58.0 Å². The van der Waals surface area contributed by atoms with Crippen molar-refractivity contribution in [3.63, 3.8) is 0 Å². The highest BCUT2D eigenvalue weighted by Gasteiger charge is 2.69. The lowest BCUT2D eigenvalue weighted by atomic mass is 9.43.